The monoisotopic (exact) mass is 692 g/mol. The van der Waals surface area contributed by atoms with Crippen molar-refractivity contribution in [3.63, 3.8) is 0 Å². The Morgan fingerprint density at radius 2 is 0.811 bits per heavy atom. The minimum absolute atomic E-state index is 0.906. The lowest BCUT2D eigenvalue weighted by Crippen LogP contribution is -1.91. The van der Waals surface area contributed by atoms with Crippen molar-refractivity contribution in [2.75, 3.05) is 0 Å². The van der Waals surface area contributed by atoms with Gasteiger partial charge in [0, 0.05) is 31.3 Å². The summed E-state index contributed by atoms with van der Waals surface area (Å²) in [4.78, 5) is 0. The molecule has 0 amide bonds. The molecule has 0 saturated heterocycles. The summed E-state index contributed by atoms with van der Waals surface area (Å²) >= 11 is 1.91. The smallest absolute Gasteiger partial charge is 0.135 e. The highest BCUT2D eigenvalue weighted by molar-refractivity contribution is 7.26. The first kappa shape index (κ1) is 30.2. The minimum atomic E-state index is 0.906. The van der Waals surface area contributed by atoms with E-state index in [1.165, 1.54) is 96.6 Å². The van der Waals surface area contributed by atoms with Gasteiger partial charge in [0.1, 0.15) is 11.5 Å². The molecule has 11 aromatic rings. The zero-order valence-corrected chi connectivity index (χ0v) is 29.9. The first-order chi connectivity index (χ1) is 26.2. The lowest BCUT2D eigenvalue weighted by Gasteiger charge is -2.18. The van der Waals surface area contributed by atoms with Crippen molar-refractivity contribution in [3.05, 3.63) is 182 Å². The molecule has 11 rings (SSSR count). The van der Waals surface area contributed by atoms with E-state index >= 15 is 0 Å². The molecule has 2 heterocycles. The molecule has 0 aliphatic heterocycles. The number of benzene rings is 9. The van der Waals surface area contributed by atoms with Crippen molar-refractivity contribution in [2.24, 2.45) is 0 Å². The Labute approximate surface area is 311 Å². The van der Waals surface area contributed by atoms with E-state index in [0.717, 1.165) is 17.1 Å². The molecule has 0 N–H and O–H groups in total. The van der Waals surface area contributed by atoms with Crippen LogP contribution in [0.4, 0.5) is 0 Å². The molecule has 0 aliphatic carbocycles. The highest BCUT2D eigenvalue weighted by Gasteiger charge is 2.23. The topological polar surface area (TPSA) is 13.1 Å². The zero-order valence-electron chi connectivity index (χ0n) is 29.1. The maximum absolute atomic E-state index is 6.30. The van der Waals surface area contributed by atoms with Crippen LogP contribution in [0.25, 0.3) is 108 Å². The lowest BCUT2D eigenvalue weighted by atomic mass is 9.85. The lowest BCUT2D eigenvalue weighted by molar-refractivity contribution is 0.549. The normalized spacial score (nSPS) is 11.9. The SMILES string of the molecule is Cc1ccc(-c2c3ccccc3c(-c3cccc4sc5c(-c6c7ccccc7c(-c7ccccc7)c7ccccc67)cccc5c34)c3ccccc23)o1. The molecule has 248 valence electrons. The fourth-order valence-electron chi connectivity index (χ4n) is 8.84. The van der Waals surface area contributed by atoms with E-state index in [9.17, 15) is 0 Å². The third-order valence-corrected chi connectivity index (χ3v) is 12.2. The van der Waals surface area contributed by atoms with Crippen molar-refractivity contribution in [1.82, 2.24) is 0 Å². The fourth-order valence-corrected chi connectivity index (χ4v) is 10.1. The summed E-state index contributed by atoms with van der Waals surface area (Å²) in [7, 11) is 0. The number of aryl methyl sites for hydroxylation is 1. The van der Waals surface area contributed by atoms with Crippen molar-refractivity contribution in [1.29, 1.82) is 0 Å². The summed E-state index contributed by atoms with van der Waals surface area (Å²) in [6.45, 7) is 2.02. The molecule has 0 atom stereocenters. The van der Waals surface area contributed by atoms with Crippen LogP contribution in [-0.4, -0.2) is 0 Å². The summed E-state index contributed by atoms with van der Waals surface area (Å²) in [6.07, 6.45) is 0. The average molecular weight is 693 g/mol. The van der Waals surface area contributed by atoms with E-state index in [2.05, 4.69) is 176 Å². The molecule has 0 aliphatic rings. The van der Waals surface area contributed by atoms with E-state index in [0.29, 0.717) is 0 Å². The molecule has 2 heteroatoms. The molecule has 0 saturated carbocycles. The Hall–Kier alpha value is -6.48. The number of hydrogen-bond acceptors (Lipinski definition) is 2. The summed E-state index contributed by atoms with van der Waals surface area (Å²) < 4.78 is 8.90. The number of hydrogen-bond donors (Lipinski definition) is 0. The van der Waals surface area contributed by atoms with E-state index in [1.807, 2.05) is 18.3 Å². The maximum atomic E-state index is 6.30. The highest BCUT2D eigenvalue weighted by Crippen LogP contribution is 2.51. The van der Waals surface area contributed by atoms with Crippen LogP contribution in [0.15, 0.2) is 180 Å². The predicted molar refractivity (Wildman–Crippen MR) is 228 cm³/mol. The van der Waals surface area contributed by atoms with E-state index in [-0.39, 0.29) is 0 Å². The van der Waals surface area contributed by atoms with Crippen LogP contribution < -0.4 is 0 Å². The van der Waals surface area contributed by atoms with Gasteiger partial charge in [-0.2, -0.15) is 0 Å². The van der Waals surface area contributed by atoms with Gasteiger partial charge in [0.15, 0.2) is 0 Å². The summed E-state index contributed by atoms with van der Waals surface area (Å²) in [5.74, 6) is 1.82. The van der Waals surface area contributed by atoms with Crippen LogP contribution in [0.1, 0.15) is 5.76 Å². The van der Waals surface area contributed by atoms with Gasteiger partial charge in [-0.3, -0.25) is 0 Å². The molecule has 0 spiro atoms. The van der Waals surface area contributed by atoms with Crippen molar-refractivity contribution >= 4 is 74.6 Å². The minimum Gasteiger partial charge on any atom is -0.461 e. The van der Waals surface area contributed by atoms with Gasteiger partial charge in [-0.25, -0.2) is 0 Å². The largest absolute Gasteiger partial charge is 0.461 e. The number of fused-ring (bicyclic) bond motifs is 7. The van der Waals surface area contributed by atoms with Crippen molar-refractivity contribution in [2.45, 2.75) is 6.92 Å². The molecule has 0 fully saturated rings. The zero-order chi connectivity index (χ0) is 35.0. The molecule has 0 bridgehead atoms. The molecule has 53 heavy (non-hydrogen) atoms. The van der Waals surface area contributed by atoms with Gasteiger partial charge in [0.05, 0.1) is 0 Å². The summed E-state index contributed by atoms with van der Waals surface area (Å²) in [5, 5.41) is 12.5. The van der Waals surface area contributed by atoms with Crippen LogP contribution in [-0.2, 0) is 0 Å². The number of rotatable bonds is 4. The first-order valence-corrected chi connectivity index (χ1v) is 19.0. The Morgan fingerprint density at radius 1 is 0.358 bits per heavy atom. The Morgan fingerprint density at radius 3 is 1.36 bits per heavy atom. The second kappa shape index (κ2) is 11.8. The molecular weight excluding hydrogens is 661 g/mol. The molecule has 0 radical (unpaired) electrons. The fraction of sp³-hybridized carbons (Fsp3) is 0.0196. The van der Waals surface area contributed by atoms with Gasteiger partial charge >= 0.3 is 0 Å². The van der Waals surface area contributed by atoms with Crippen molar-refractivity contribution in [3.8, 4) is 44.7 Å². The van der Waals surface area contributed by atoms with Crippen LogP contribution in [0.2, 0.25) is 0 Å². The summed E-state index contributed by atoms with van der Waals surface area (Å²) in [5.41, 5.74) is 8.78. The Kier molecular flexibility index (Phi) is 6.71. The van der Waals surface area contributed by atoms with Crippen LogP contribution in [0, 0.1) is 6.92 Å². The second-order valence-electron chi connectivity index (χ2n) is 13.9. The van der Waals surface area contributed by atoms with Gasteiger partial charge in [-0.05, 0) is 96.0 Å². The molecule has 1 nitrogen and oxygen atoms in total. The highest BCUT2D eigenvalue weighted by atomic mass is 32.1. The Bertz CT molecular complexity index is 3120. The molecule has 2 aromatic heterocycles. The van der Waals surface area contributed by atoms with E-state index in [4.69, 9.17) is 4.42 Å². The first-order valence-electron chi connectivity index (χ1n) is 18.2. The molecule has 0 unspecified atom stereocenters. The van der Waals surface area contributed by atoms with Crippen LogP contribution >= 0.6 is 11.3 Å². The van der Waals surface area contributed by atoms with Crippen LogP contribution in [0.3, 0.4) is 0 Å². The number of thiophene rings is 1. The quantitative estimate of drug-likeness (QED) is 0.167. The second-order valence-corrected chi connectivity index (χ2v) is 15.0. The predicted octanol–water partition coefficient (Wildman–Crippen LogP) is 15.2. The Balaban J connectivity index is 1.24. The van der Waals surface area contributed by atoms with Gasteiger partial charge in [0.25, 0.3) is 0 Å². The van der Waals surface area contributed by atoms with Gasteiger partial charge in [-0.15, -0.1) is 11.3 Å². The summed E-state index contributed by atoms with van der Waals surface area (Å²) in [6, 6.07) is 64.4. The molecule has 9 aromatic carbocycles. The van der Waals surface area contributed by atoms with E-state index < -0.39 is 0 Å². The molecular formula is C51H32OS. The van der Waals surface area contributed by atoms with Gasteiger partial charge < -0.3 is 4.42 Å². The van der Waals surface area contributed by atoms with Gasteiger partial charge in [-0.1, -0.05) is 158 Å². The third kappa shape index (κ3) is 4.49. The maximum Gasteiger partial charge on any atom is 0.135 e. The van der Waals surface area contributed by atoms with Crippen molar-refractivity contribution < 1.29 is 4.42 Å². The number of furan rings is 1. The van der Waals surface area contributed by atoms with E-state index in [1.54, 1.807) is 0 Å². The van der Waals surface area contributed by atoms with Crippen LogP contribution in [0.5, 0.6) is 0 Å². The third-order valence-electron chi connectivity index (χ3n) is 11.0. The average Bonchev–Trinajstić information content (AvgIpc) is 3.82. The standard InChI is InChI=1S/C51H32OS/c1-31-29-30-44(52-31)49-39-23-11-9-21-37(39)47(38-22-10-12-24-40(38)49)41-25-14-28-45-50(41)43-27-13-26-42(51(43)53-45)48-35-19-7-5-17-33(35)46(32-15-3-2-4-16-32)34-18-6-8-20-36(34)48/h2-30H,1H3. The van der Waals surface area contributed by atoms with Gasteiger partial charge in [0.2, 0.25) is 0 Å².